The quantitative estimate of drug-likeness (QED) is 0.222. The van der Waals surface area contributed by atoms with Gasteiger partial charge in [0.25, 0.3) is 0 Å². The average Bonchev–Trinajstić information content (AvgIpc) is 3.40. The molecule has 2 aromatic heterocycles. The zero-order valence-electron chi connectivity index (χ0n) is 18.5. The molecule has 31 heavy (non-hydrogen) atoms. The normalized spacial score (nSPS) is 15.7. The van der Waals surface area contributed by atoms with Crippen LogP contribution in [0.1, 0.15) is 36.5 Å². The van der Waals surface area contributed by atoms with E-state index in [0.717, 1.165) is 57.9 Å². The van der Waals surface area contributed by atoms with Crippen molar-refractivity contribution in [3.8, 4) is 0 Å². The maximum Gasteiger partial charge on any atom is 0.191 e. The van der Waals surface area contributed by atoms with Crippen LogP contribution in [0, 0.1) is 6.92 Å². The number of aryl methyl sites for hydroxylation is 1. The molecule has 4 rings (SSSR count). The minimum atomic E-state index is 0. The van der Waals surface area contributed by atoms with Gasteiger partial charge < -0.3 is 15.6 Å². The summed E-state index contributed by atoms with van der Waals surface area (Å²) in [7, 11) is 0. The Bertz CT molecular complexity index is 958. The molecule has 3 heterocycles. The third-order valence-electron chi connectivity index (χ3n) is 5.92. The van der Waals surface area contributed by atoms with Crippen LogP contribution in [0.4, 0.5) is 0 Å². The van der Waals surface area contributed by atoms with Gasteiger partial charge in [0.15, 0.2) is 5.96 Å². The Morgan fingerprint density at radius 2 is 2.10 bits per heavy atom. The number of rotatable bonds is 7. The van der Waals surface area contributed by atoms with E-state index in [-0.39, 0.29) is 24.0 Å². The summed E-state index contributed by atoms with van der Waals surface area (Å²) in [6, 6.07) is 9.22. The zero-order valence-corrected chi connectivity index (χ0v) is 21.6. The predicted molar refractivity (Wildman–Crippen MR) is 144 cm³/mol. The number of thiophene rings is 1. The van der Waals surface area contributed by atoms with Gasteiger partial charge >= 0.3 is 0 Å². The molecule has 0 atom stereocenters. The van der Waals surface area contributed by atoms with Gasteiger partial charge in [-0.1, -0.05) is 18.2 Å². The Labute approximate surface area is 206 Å². The van der Waals surface area contributed by atoms with Crippen LogP contribution in [0.5, 0.6) is 0 Å². The molecule has 3 N–H and O–H groups in total. The van der Waals surface area contributed by atoms with Gasteiger partial charge in [0, 0.05) is 55.9 Å². The molecule has 0 aliphatic carbocycles. The second kappa shape index (κ2) is 11.9. The molecule has 5 nitrogen and oxygen atoms in total. The lowest BCUT2D eigenvalue weighted by atomic mass is 10.0. The van der Waals surface area contributed by atoms with E-state index >= 15 is 0 Å². The maximum atomic E-state index is 4.86. The highest BCUT2D eigenvalue weighted by molar-refractivity contribution is 14.0. The molecule has 0 spiro atoms. The molecule has 0 saturated carbocycles. The molecule has 7 heteroatoms. The van der Waals surface area contributed by atoms with Crippen LogP contribution in [0.25, 0.3) is 10.9 Å². The van der Waals surface area contributed by atoms with Crippen LogP contribution in [-0.2, 0) is 13.0 Å². The van der Waals surface area contributed by atoms with Gasteiger partial charge in [-0.3, -0.25) is 9.89 Å². The van der Waals surface area contributed by atoms with E-state index in [9.17, 15) is 0 Å². The van der Waals surface area contributed by atoms with Crippen molar-refractivity contribution in [1.29, 1.82) is 0 Å². The molecule has 3 aromatic rings. The highest BCUT2D eigenvalue weighted by atomic mass is 127. The van der Waals surface area contributed by atoms with Crippen molar-refractivity contribution < 1.29 is 0 Å². The molecule has 0 unspecified atom stereocenters. The Hall–Kier alpha value is -1.58. The molecule has 1 saturated heterocycles. The van der Waals surface area contributed by atoms with Gasteiger partial charge in [0.2, 0.25) is 0 Å². The number of aliphatic imine (C=N–C) groups is 1. The summed E-state index contributed by atoms with van der Waals surface area (Å²) in [4.78, 5) is 10.8. The highest BCUT2D eigenvalue weighted by Crippen LogP contribution is 2.21. The number of H-pyrrole nitrogens is 1. The number of hydrogen-bond acceptors (Lipinski definition) is 3. The summed E-state index contributed by atoms with van der Waals surface area (Å²) in [6.07, 6.45) is 5.41. The number of piperidine rings is 1. The summed E-state index contributed by atoms with van der Waals surface area (Å²) in [5, 5.41) is 12.8. The molecule has 0 radical (unpaired) electrons. The highest BCUT2D eigenvalue weighted by Gasteiger charge is 2.20. The number of fused-ring (bicyclic) bond motifs is 1. The van der Waals surface area contributed by atoms with Crippen molar-refractivity contribution in [3.63, 3.8) is 0 Å². The summed E-state index contributed by atoms with van der Waals surface area (Å²) >= 11 is 1.79. The van der Waals surface area contributed by atoms with E-state index in [1.807, 2.05) is 0 Å². The van der Waals surface area contributed by atoms with Gasteiger partial charge in [-0.2, -0.15) is 11.3 Å². The third kappa shape index (κ3) is 6.46. The Balaban J connectivity index is 0.00000272. The predicted octanol–water partition coefficient (Wildman–Crippen LogP) is 4.92. The van der Waals surface area contributed by atoms with Crippen LogP contribution in [0.3, 0.4) is 0 Å². The standard InChI is InChI=1S/C24H33N5S.HI/c1-3-25-24(26-11-7-20-15-27-23-18(2)5-4-6-22(20)23)28-21-8-12-29(13-9-21)16-19-10-14-30-17-19;/h4-6,10,14-15,17,21,27H,3,7-9,11-13,16H2,1-2H3,(H2,25,26,28);1H. The molecular formula is C24H34IN5S. The largest absolute Gasteiger partial charge is 0.361 e. The fraction of sp³-hybridized carbons (Fsp3) is 0.458. The summed E-state index contributed by atoms with van der Waals surface area (Å²) in [5.74, 6) is 0.949. The van der Waals surface area contributed by atoms with Crippen molar-refractivity contribution in [2.24, 2.45) is 4.99 Å². The van der Waals surface area contributed by atoms with Crippen LogP contribution in [0.2, 0.25) is 0 Å². The summed E-state index contributed by atoms with van der Waals surface area (Å²) in [5.41, 5.74) is 5.32. The SMILES string of the molecule is CCNC(=NCCc1c[nH]c2c(C)cccc12)NC1CCN(Cc2ccsc2)CC1.I. The number of likely N-dealkylation sites (tertiary alicyclic amines) is 1. The van der Waals surface area contributed by atoms with Gasteiger partial charge in [-0.25, -0.2) is 0 Å². The number of benzene rings is 1. The number of nitrogens with zero attached hydrogens (tertiary/aromatic N) is 2. The number of aromatic nitrogens is 1. The lowest BCUT2D eigenvalue weighted by Gasteiger charge is -2.33. The number of para-hydroxylation sites is 1. The van der Waals surface area contributed by atoms with Crippen LogP contribution in [0.15, 0.2) is 46.2 Å². The molecule has 0 bridgehead atoms. The number of nitrogens with one attached hydrogen (secondary N) is 3. The second-order valence-corrected chi connectivity index (χ2v) is 8.93. The average molecular weight is 552 g/mol. The van der Waals surface area contributed by atoms with Gasteiger partial charge in [-0.15, -0.1) is 24.0 Å². The smallest absolute Gasteiger partial charge is 0.191 e. The van der Waals surface area contributed by atoms with Gasteiger partial charge in [0.1, 0.15) is 0 Å². The minimum Gasteiger partial charge on any atom is -0.361 e. The zero-order chi connectivity index (χ0) is 20.8. The topological polar surface area (TPSA) is 55.5 Å². The van der Waals surface area contributed by atoms with Crippen molar-refractivity contribution in [2.45, 2.75) is 45.7 Å². The third-order valence-corrected chi connectivity index (χ3v) is 6.65. The first-order valence-electron chi connectivity index (χ1n) is 11.1. The number of guanidine groups is 1. The number of aromatic amines is 1. The monoisotopic (exact) mass is 551 g/mol. The first-order chi connectivity index (χ1) is 14.7. The van der Waals surface area contributed by atoms with Gasteiger partial charge in [0.05, 0.1) is 0 Å². The minimum absolute atomic E-state index is 0. The van der Waals surface area contributed by atoms with E-state index < -0.39 is 0 Å². The lowest BCUT2D eigenvalue weighted by molar-refractivity contribution is 0.198. The first-order valence-corrected chi connectivity index (χ1v) is 12.0. The van der Waals surface area contributed by atoms with Crippen LogP contribution >= 0.6 is 35.3 Å². The maximum absolute atomic E-state index is 4.86. The Morgan fingerprint density at radius 3 is 2.84 bits per heavy atom. The van der Waals surface area contributed by atoms with Gasteiger partial charge in [-0.05, 0) is 66.6 Å². The first kappa shape index (κ1) is 24.1. The molecule has 168 valence electrons. The molecular weight excluding hydrogens is 517 g/mol. The molecule has 1 aliphatic heterocycles. The van der Waals surface area contributed by atoms with E-state index in [0.29, 0.717) is 6.04 Å². The van der Waals surface area contributed by atoms with Crippen LogP contribution in [-0.4, -0.2) is 48.1 Å². The van der Waals surface area contributed by atoms with Crippen LogP contribution < -0.4 is 10.6 Å². The molecule has 1 aromatic carbocycles. The Kier molecular flexibility index (Phi) is 9.22. The van der Waals surface area contributed by atoms with Crippen molar-refractivity contribution in [3.05, 3.63) is 57.9 Å². The number of hydrogen-bond donors (Lipinski definition) is 3. The summed E-state index contributed by atoms with van der Waals surface area (Å²) in [6.45, 7) is 9.31. The fourth-order valence-electron chi connectivity index (χ4n) is 4.25. The second-order valence-electron chi connectivity index (χ2n) is 8.15. The Morgan fingerprint density at radius 1 is 1.26 bits per heavy atom. The molecule has 1 fully saturated rings. The number of halogens is 1. The lowest BCUT2D eigenvalue weighted by Crippen LogP contribution is -2.48. The van der Waals surface area contributed by atoms with E-state index in [2.05, 4.69) is 75.6 Å². The molecule has 0 amide bonds. The van der Waals surface area contributed by atoms with Crippen molar-refractivity contribution in [2.75, 3.05) is 26.2 Å². The molecule has 1 aliphatic rings. The van der Waals surface area contributed by atoms with E-state index in [1.165, 1.54) is 27.6 Å². The van der Waals surface area contributed by atoms with Crippen molar-refractivity contribution in [1.82, 2.24) is 20.5 Å². The van der Waals surface area contributed by atoms with E-state index in [1.54, 1.807) is 11.3 Å². The fourth-order valence-corrected chi connectivity index (χ4v) is 4.91. The van der Waals surface area contributed by atoms with E-state index in [4.69, 9.17) is 4.99 Å². The van der Waals surface area contributed by atoms with Crippen molar-refractivity contribution >= 4 is 52.2 Å². The summed E-state index contributed by atoms with van der Waals surface area (Å²) < 4.78 is 0.